The molecule has 0 spiro atoms. The fraction of sp³-hybridized carbons (Fsp3) is 0.333. The molecular formula is C12H17N3OS. The van der Waals surface area contributed by atoms with Crippen LogP contribution in [-0.2, 0) is 6.42 Å². The molecule has 92 valence electrons. The third-order valence-electron chi connectivity index (χ3n) is 2.28. The van der Waals surface area contributed by atoms with E-state index in [4.69, 9.17) is 23.7 Å². The quantitative estimate of drug-likeness (QED) is 0.711. The van der Waals surface area contributed by atoms with Gasteiger partial charge in [-0.15, -0.1) is 0 Å². The van der Waals surface area contributed by atoms with Gasteiger partial charge in [-0.1, -0.05) is 19.9 Å². The van der Waals surface area contributed by atoms with E-state index in [0.717, 1.165) is 17.7 Å². The number of carbonyl (C=O) groups excluding carboxylic acids is 1. The van der Waals surface area contributed by atoms with Crippen LogP contribution in [0.5, 0.6) is 0 Å². The van der Waals surface area contributed by atoms with Crippen molar-refractivity contribution in [1.29, 1.82) is 0 Å². The Labute approximate surface area is 106 Å². The number of nitrogens with two attached hydrogens (primary N) is 2. The van der Waals surface area contributed by atoms with E-state index in [1.165, 1.54) is 0 Å². The number of anilines is 1. The van der Waals surface area contributed by atoms with Gasteiger partial charge in [0.25, 0.3) is 0 Å². The van der Waals surface area contributed by atoms with E-state index in [0.29, 0.717) is 11.5 Å². The standard InChI is InChI=1S/C12H17N3OS/c1-7(2)5-8-3-4-9(11(13)16)6-10(8)15-12(14)17/h3-4,6-7H,5H2,1-2H3,(H2,13,16)(H3,14,15,17). The molecule has 0 atom stereocenters. The summed E-state index contributed by atoms with van der Waals surface area (Å²) in [6.07, 6.45) is 0.879. The third-order valence-corrected chi connectivity index (χ3v) is 2.38. The smallest absolute Gasteiger partial charge is 0.248 e. The Morgan fingerprint density at radius 1 is 1.41 bits per heavy atom. The fourth-order valence-corrected chi connectivity index (χ4v) is 1.71. The molecule has 0 saturated carbocycles. The predicted octanol–water partition coefficient (Wildman–Crippen LogP) is 1.64. The molecule has 5 heteroatoms. The van der Waals surface area contributed by atoms with E-state index >= 15 is 0 Å². The molecule has 1 rings (SSSR count). The molecule has 1 aromatic rings. The van der Waals surface area contributed by atoms with Gasteiger partial charge in [-0.05, 0) is 42.3 Å². The number of hydrogen-bond donors (Lipinski definition) is 3. The average Bonchev–Trinajstić information content (AvgIpc) is 2.18. The van der Waals surface area contributed by atoms with Gasteiger partial charge in [0, 0.05) is 11.3 Å². The number of hydrogen-bond acceptors (Lipinski definition) is 2. The van der Waals surface area contributed by atoms with Gasteiger partial charge in [0.2, 0.25) is 5.91 Å². The van der Waals surface area contributed by atoms with Crippen LogP contribution in [0.4, 0.5) is 5.69 Å². The first-order valence-corrected chi connectivity index (χ1v) is 5.80. The van der Waals surface area contributed by atoms with Gasteiger partial charge in [0.15, 0.2) is 5.11 Å². The van der Waals surface area contributed by atoms with Crippen molar-refractivity contribution in [2.24, 2.45) is 17.4 Å². The molecule has 0 aliphatic heterocycles. The highest BCUT2D eigenvalue weighted by atomic mass is 32.1. The van der Waals surface area contributed by atoms with Crippen LogP contribution in [0.3, 0.4) is 0 Å². The maximum atomic E-state index is 11.1. The van der Waals surface area contributed by atoms with E-state index in [2.05, 4.69) is 19.2 Å². The molecular weight excluding hydrogens is 234 g/mol. The summed E-state index contributed by atoms with van der Waals surface area (Å²) < 4.78 is 0. The van der Waals surface area contributed by atoms with E-state index < -0.39 is 5.91 Å². The summed E-state index contributed by atoms with van der Waals surface area (Å²) in [5, 5.41) is 3.05. The molecule has 0 aromatic heterocycles. The fourth-order valence-electron chi connectivity index (χ4n) is 1.60. The van der Waals surface area contributed by atoms with Gasteiger partial charge in [0.1, 0.15) is 0 Å². The number of thiocarbonyl (C=S) groups is 1. The monoisotopic (exact) mass is 251 g/mol. The minimum atomic E-state index is -0.466. The Bertz CT molecular complexity index is 443. The van der Waals surface area contributed by atoms with Crippen LogP contribution in [0, 0.1) is 5.92 Å². The Hall–Kier alpha value is -1.62. The lowest BCUT2D eigenvalue weighted by Gasteiger charge is -2.13. The summed E-state index contributed by atoms with van der Waals surface area (Å²) >= 11 is 4.81. The van der Waals surface area contributed by atoms with Gasteiger partial charge in [-0.2, -0.15) is 0 Å². The molecule has 1 aromatic carbocycles. The largest absolute Gasteiger partial charge is 0.376 e. The van der Waals surface area contributed by atoms with Crippen LogP contribution in [0.15, 0.2) is 18.2 Å². The number of carbonyl (C=O) groups is 1. The highest BCUT2D eigenvalue weighted by Gasteiger charge is 2.09. The highest BCUT2D eigenvalue weighted by Crippen LogP contribution is 2.21. The van der Waals surface area contributed by atoms with E-state index in [1.54, 1.807) is 12.1 Å². The average molecular weight is 251 g/mol. The molecule has 1 amide bonds. The highest BCUT2D eigenvalue weighted by molar-refractivity contribution is 7.80. The second-order valence-corrected chi connectivity index (χ2v) is 4.76. The Balaban J connectivity index is 3.11. The maximum absolute atomic E-state index is 11.1. The van der Waals surface area contributed by atoms with Crippen LogP contribution in [0.1, 0.15) is 29.8 Å². The lowest BCUT2D eigenvalue weighted by molar-refractivity contribution is 0.100. The van der Waals surface area contributed by atoms with Crippen LogP contribution in [0.25, 0.3) is 0 Å². The van der Waals surface area contributed by atoms with E-state index in [1.807, 2.05) is 6.07 Å². The number of primary amides is 1. The molecule has 5 N–H and O–H groups in total. The zero-order valence-corrected chi connectivity index (χ0v) is 10.8. The van der Waals surface area contributed by atoms with Crippen molar-refractivity contribution in [2.45, 2.75) is 20.3 Å². The summed E-state index contributed by atoms with van der Waals surface area (Å²) in [6, 6.07) is 5.27. The molecule has 0 saturated heterocycles. The van der Waals surface area contributed by atoms with Crippen LogP contribution in [0.2, 0.25) is 0 Å². The molecule has 0 radical (unpaired) electrons. The first-order valence-electron chi connectivity index (χ1n) is 5.39. The minimum Gasteiger partial charge on any atom is -0.376 e. The van der Waals surface area contributed by atoms with Gasteiger partial charge in [0.05, 0.1) is 0 Å². The van der Waals surface area contributed by atoms with Crippen molar-refractivity contribution in [3.8, 4) is 0 Å². The molecule has 4 nitrogen and oxygen atoms in total. The lowest BCUT2D eigenvalue weighted by atomic mass is 9.99. The van der Waals surface area contributed by atoms with Gasteiger partial charge < -0.3 is 16.8 Å². The predicted molar refractivity (Wildman–Crippen MR) is 73.9 cm³/mol. The maximum Gasteiger partial charge on any atom is 0.248 e. The summed E-state index contributed by atoms with van der Waals surface area (Å²) in [5.74, 6) is 0.0356. The SMILES string of the molecule is CC(C)Cc1ccc(C(N)=O)cc1NC(N)=S. The molecule has 17 heavy (non-hydrogen) atoms. The van der Waals surface area contributed by atoms with Crippen molar-refractivity contribution in [3.63, 3.8) is 0 Å². The lowest BCUT2D eigenvalue weighted by Crippen LogP contribution is -2.21. The molecule has 0 unspecified atom stereocenters. The summed E-state index contributed by atoms with van der Waals surface area (Å²) in [6.45, 7) is 4.24. The van der Waals surface area contributed by atoms with Crippen molar-refractivity contribution in [2.75, 3.05) is 5.32 Å². The molecule has 0 aliphatic rings. The first-order chi connectivity index (χ1) is 7.90. The van der Waals surface area contributed by atoms with E-state index in [-0.39, 0.29) is 5.11 Å². The number of benzene rings is 1. The van der Waals surface area contributed by atoms with Crippen LogP contribution >= 0.6 is 12.2 Å². The zero-order chi connectivity index (χ0) is 13.0. The van der Waals surface area contributed by atoms with Crippen molar-refractivity contribution < 1.29 is 4.79 Å². The topological polar surface area (TPSA) is 81.1 Å². The van der Waals surface area contributed by atoms with Crippen molar-refractivity contribution >= 4 is 28.9 Å². The Morgan fingerprint density at radius 2 is 2.06 bits per heavy atom. The Morgan fingerprint density at radius 3 is 2.53 bits per heavy atom. The number of amides is 1. The van der Waals surface area contributed by atoms with Gasteiger partial charge in [-0.3, -0.25) is 4.79 Å². The van der Waals surface area contributed by atoms with Gasteiger partial charge in [-0.25, -0.2) is 0 Å². The second-order valence-electron chi connectivity index (χ2n) is 4.32. The molecule has 0 heterocycles. The number of nitrogens with one attached hydrogen (secondary N) is 1. The van der Waals surface area contributed by atoms with E-state index in [9.17, 15) is 4.79 Å². The third kappa shape index (κ3) is 4.03. The molecule has 0 aliphatic carbocycles. The van der Waals surface area contributed by atoms with Gasteiger partial charge >= 0.3 is 0 Å². The molecule has 0 bridgehead atoms. The van der Waals surface area contributed by atoms with Crippen LogP contribution < -0.4 is 16.8 Å². The summed E-state index contributed by atoms with van der Waals surface area (Å²) in [7, 11) is 0. The molecule has 0 fully saturated rings. The zero-order valence-electron chi connectivity index (χ0n) is 9.99. The van der Waals surface area contributed by atoms with Crippen molar-refractivity contribution in [3.05, 3.63) is 29.3 Å². The normalized spacial score (nSPS) is 10.3. The van der Waals surface area contributed by atoms with Crippen molar-refractivity contribution in [1.82, 2.24) is 0 Å². The Kier molecular flexibility index (Phi) is 4.45. The first kappa shape index (κ1) is 13.4. The summed E-state index contributed by atoms with van der Waals surface area (Å²) in [4.78, 5) is 11.1. The van der Waals surface area contributed by atoms with Crippen LogP contribution in [-0.4, -0.2) is 11.0 Å². The number of rotatable bonds is 4. The minimum absolute atomic E-state index is 0.177. The second kappa shape index (κ2) is 5.63. The summed E-state index contributed by atoms with van der Waals surface area (Å²) in [5.41, 5.74) is 12.9.